The molecule has 0 radical (unpaired) electrons. The first-order chi connectivity index (χ1) is 18.3. The molecule has 1 aliphatic carbocycles. The fourth-order valence-corrected chi connectivity index (χ4v) is 6.17. The van der Waals surface area contributed by atoms with Crippen molar-refractivity contribution in [2.45, 2.75) is 5.92 Å². The molecular weight excluding hydrogens is 446 g/mol. The number of benzene rings is 6. The van der Waals surface area contributed by atoms with Crippen molar-refractivity contribution < 1.29 is 0 Å². The monoisotopic (exact) mass is 469 g/mol. The molecule has 8 rings (SSSR count). The van der Waals surface area contributed by atoms with Crippen LogP contribution in [0.1, 0.15) is 11.5 Å². The van der Waals surface area contributed by atoms with Crippen LogP contribution in [0.25, 0.3) is 54.6 Å². The molecule has 1 atom stereocenters. The first kappa shape index (κ1) is 20.4. The Hall–Kier alpha value is -4.75. The number of aliphatic imine (C=N–C) groups is 1. The SMILES string of the molecule is C1=CC2=Nc3c(c(-c4ccc5ccccc5c4)c4ccccc4c3-c3ccc4ccccc4c3)C2C=C1. The van der Waals surface area contributed by atoms with Crippen LogP contribution in [0.15, 0.2) is 138 Å². The van der Waals surface area contributed by atoms with Gasteiger partial charge in [0.1, 0.15) is 0 Å². The van der Waals surface area contributed by atoms with Crippen molar-refractivity contribution in [3.8, 4) is 22.3 Å². The standard InChI is InChI=1S/C36H23N/c1-3-11-25-21-27(19-17-23(25)9-1)33-29-13-5-6-14-30(29)34(28-20-18-24-10-2-4-12-26(24)22-28)36-35(33)31-15-7-8-16-32(31)37-36/h1-22,31H. The van der Waals surface area contributed by atoms with Gasteiger partial charge in [-0.2, -0.15) is 0 Å². The molecule has 1 unspecified atom stereocenters. The third-order valence-electron chi connectivity index (χ3n) is 7.86. The molecule has 0 aromatic heterocycles. The zero-order valence-electron chi connectivity index (χ0n) is 20.2. The second-order valence-corrected chi connectivity index (χ2v) is 9.94. The maximum absolute atomic E-state index is 5.31. The van der Waals surface area contributed by atoms with Crippen LogP contribution in [0.4, 0.5) is 5.69 Å². The van der Waals surface area contributed by atoms with E-state index in [4.69, 9.17) is 4.99 Å². The molecule has 37 heavy (non-hydrogen) atoms. The maximum Gasteiger partial charge on any atom is 0.0766 e. The Labute approximate surface area is 215 Å². The highest BCUT2D eigenvalue weighted by molar-refractivity contribution is 6.19. The van der Waals surface area contributed by atoms with Crippen LogP contribution in [0.3, 0.4) is 0 Å². The molecule has 172 valence electrons. The van der Waals surface area contributed by atoms with E-state index in [0.29, 0.717) is 0 Å². The number of hydrogen-bond donors (Lipinski definition) is 0. The fraction of sp³-hybridized carbons (Fsp3) is 0.0278. The van der Waals surface area contributed by atoms with Crippen LogP contribution in [0, 0.1) is 0 Å². The summed E-state index contributed by atoms with van der Waals surface area (Å²) in [7, 11) is 0. The normalized spacial score (nSPS) is 15.8. The molecule has 0 amide bonds. The molecule has 6 aromatic rings. The molecule has 1 nitrogen and oxygen atoms in total. The van der Waals surface area contributed by atoms with Crippen LogP contribution in [-0.4, -0.2) is 5.71 Å². The third-order valence-corrected chi connectivity index (χ3v) is 7.86. The zero-order chi connectivity index (χ0) is 24.3. The Kier molecular flexibility index (Phi) is 4.35. The van der Waals surface area contributed by atoms with Crippen LogP contribution in [0.5, 0.6) is 0 Å². The average molecular weight is 470 g/mol. The molecule has 0 spiro atoms. The molecule has 1 heterocycles. The van der Waals surface area contributed by atoms with E-state index in [9.17, 15) is 0 Å². The van der Waals surface area contributed by atoms with E-state index in [1.54, 1.807) is 0 Å². The van der Waals surface area contributed by atoms with E-state index in [2.05, 4.69) is 133 Å². The minimum absolute atomic E-state index is 0.158. The predicted octanol–water partition coefficient (Wildman–Crippen LogP) is 9.78. The van der Waals surface area contributed by atoms with Crippen molar-refractivity contribution in [1.29, 1.82) is 0 Å². The first-order valence-electron chi connectivity index (χ1n) is 12.9. The van der Waals surface area contributed by atoms with Gasteiger partial charge in [-0.05, 0) is 72.8 Å². The lowest BCUT2D eigenvalue weighted by Crippen LogP contribution is -2.06. The summed E-state index contributed by atoms with van der Waals surface area (Å²) in [5.41, 5.74) is 8.52. The quantitative estimate of drug-likeness (QED) is 0.239. The topological polar surface area (TPSA) is 12.4 Å². The number of rotatable bonds is 2. The Balaban J connectivity index is 1.50. The van der Waals surface area contributed by atoms with Gasteiger partial charge in [-0.1, -0.05) is 115 Å². The second kappa shape index (κ2) is 7.88. The van der Waals surface area contributed by atoms with Crippen molar-refractivity contribution in [3.63, 3.8) is 0 Å². The van der Waals surface area contributed by atoms with Gasteiger partial charge in [-0.3, -0.25) is 4.99 Å². The summed E-state index contributed by atoms with van der Waals surface area (Å²) in [5.74, 6) is 0.158. The minimum Gasteiger partial charge on any atom is -0.251 e. The van der Waals surface area contributed by atoms with Crippen LogP contribution >= 0.6 is 0 Å². The highest BCUT2D eigenvalue weighted by atomic mass is 14.8. The number of fused-ring (bicyclic) bond motifs is 6. The van der Waals surface area contributed by atoms with Gasteiger partial charge in [0.15, 0.2) is 0 Å². The lowest BCUT2D eigenvalue weighted by Gasteiger charge is -2.21. The van der Waals surface area contributed by atoms with Gasteiger partial charge < -0.3 is 0 Å². The lowest BCUT2D eigenvalue weighted by molar-refractivity contribution is 1.19. The molecule has 0 bridgehead atoms. The van der Waals surface area contributed by atoms with Crippen molar-refractivity contribution in [1.82, 2.24) is 0 Å². The van der Waals surface area contributed by atoms with E-state index >= 15 is 0 Å². The Morgan fingerprint density at radius 3 is 1.76 bits per heavy atom. The van der Waals surface area contributed by atoms with Gasteiger partial charge in [0, 0.05) is 11.5 Å². The number of allylic oxidation sites excluding steroid dienone is 4. The fourth-order valence-electron chi connectivity index (χ4n) is 6.17. The van der Waals surface area contributed by atoms with Gasteiger partial charge in [0.25, 0.3) is 0 Å². The Morgan fingerprint density at radius 1 is 0.514 bits per heavy atom. The summed E-state index contributed by atoms with van der Waals surface area (Å²) in [4.78, 5) is 5.31. The molecule has 0 saturated carbocycles. The van der Waals surface area contributed by atoms with Crippen molar-refractivity contribution >= 4 is 43.7 Å². The molecule has 0 saturated heterocycles. The van der Waals surface area contributed by atoms with Crippen LogP contribution in [0.2, 0.25) is 0 Å². The van der Waals surface area contributed by atoms with E-state index < -0.39 is 0 Å². The molecule has 6 aromatic carbocycles. The first-order valence-corrected chi connectivity index (χ1v) is 12.9. The van der Waals surface area contributed by atoms with Gasteiger partial charge >= 0.3 is 0 Å². The predicted molar refractivity (Wildman–Crippen MR) is 158 cm³/mol. The van der Waals surface area contributed by atoms with E-state index in [0.717, 1.165) is 11.4 Å². The summed E-state index contributed by atoms with van der Waals surface area (Å²) in [6.07, 6.45) is 8.73. The van der Waals surface area contributed by atoms with Gasteiger partial charge in [0.05, 0.1) is 11.4 Å². The molecule has 1 heteroatoms. The summed E-state index contributed by atoms with van der Waals surface area (Å²) in [6.45, 7) is 0. The Bertz CT molecular complexity index is 1990. The van der Waals surface area contributed by atoms with Crippen molar-refractivity contribution in [2.75, 3.05) is 0 Å². The zero-order valence-corrected chi connectivity index (χ0v) is 20.2. The smallest absolute Gasteiger partial charge is 0.0766 e. The van der Waals surface area contributed by atoms with Crippen LogP contribution in [-0.2, 0) is 0 Å². The highest BCUT2D eigenvalue weighted by Crippen LogP contribution is 2.53. The van der Waals surface area contributed by atoms with Gasteiger partial charge in [-0.25, -0.2) is 0 Å². The van der Waals surface area contributed by atoms with Crippen molar-refractivity contribution in [3.05, 3.63) is 139 Å². The maximum atomic E-state index is 5.31. The van der Waals surface area contributed by atoms with Crippen molar-refractivity contribution in [2.24, 2.45) is 4.99 Å². The van der Waals surface area contributed by atoms with Gasteiger partial charge in [0.2, 0.25) is 0 Å². The number of nitrogens with zero attached hydrogens (tertiary/aromatic N) is 1. The summed E-state index contributed by atoms with van der Waals surface area (Å²) >= 11 is 0. The van der Waals surface area contributed by atoms with E-state index in [1.807, 2.05) is 0 Å². The minimum atomic E-state index is 0.158. The lowest BCUT2D eigenvalue weighted by atomic mass is 9.80. The summed E-state index contributed by atoms with van der Waals surface area (Å²) in [6, 6.07) is 39.7. The Morgan fingerprint density at radius 2 is 1.08 bits per heavy atom. The molecule has 1 aliphatic heterocycles. The van der Waals surface area contributed by atoms with Gasteiger partial charge in [-0.15, -0.1) is 0 Å². The molecule has 2 aliphatic rings. The summed E-state index contributed by atoms with van der Waals surface area (Å²) < 4.78 is 0. The molecule has 0 fully saturated rings. The molecular formula is C36H23N. The van der Waals surface area contributed by atoms with E-state index in [1.165, 1.54) is 60.1 Å². The average Bonchev–Trinajstić information content (AvgIpc) is 3.34. The second-order valence-electron chi connectivity index (χ2n) is 9.94. The third kappa shape index (κ3) is 3.07. The largest absolute Gasteiger partial charge is 0.251 e. The number of hydrogen-bond acceptors (Lipinski definition) is 1. The summed E-state index contributed by atoms with van der Waals surface area (Å²) in [5, 5.41) is 7.55. The highest BCUT2D eigenvalue weighted by Gasteiger charge is 2.32. The van der Waals surface area contributed by atoms with Crippen LogP contribution < -0.4 is 0 Å². The van der Waals surface area contributed by atoms with E-state index in [-0.39, 0.29) is 5.92 Å². The molecule has 0 N–H and O–H groups in total.